The lowest BCUT2D eigenvalue weighted by molar-refractivity contribution is -0.150. The van der Waals surface area contributed by atoms with Gasteiger partial charge in [0, 0.05) is 0 Å². The Balaban J connectivity index is 1.63. The molecule has 1 fully saturated rings. The van der Waals surface area contributed by atoms with Gasteiger partial charge in [-0.1, -0.05) is 30.3 Å². The summed E-state index contributed by atoms with van der Waals surface area (Å²) in [6.07, 6.45) is 2.75. The molecule has 0 saturated carbocycles. The van der Waals surface area contributed by atoms with Crippen LogP contribution in [0.1, 0.15) is 32.3 Å². The minimum absolute atomic E-state index is 0.263. The van der Waals surface area contributed by atoms with Crippen LogP contribution in [0.2, 0.25) is 0 Å². The van der Waals surface area contributed by atoms with Gasteiger partial charge >= 0.3 is 0 Å². The second kappa shape index (κ2) is 6.88. The van der Waals surface area contributed by atoms with E-state index in [1.54, 1.807) is 0 Å². The second-order valence-corrected chi connectivity index (χ2v) is 4.97. The highest BCUT2D eigenvalue weighted by atomic mass is 16.7. The van der Waals surface area contributed by atoms with Crippen LogP contribution in [0.25, 0.3) is 0 Å². The summed E-state index contributed by atoms with van der Waals surface area (Å²) in [7, 11) is 0. The van der Waals surface area contributed by atoms with Gasteiger partial charge in [-0.2, -0.15) is 0 Å². The van der Waals surface area contributed by atoms with Crippen LogP contribution < -0.4 is 0 Å². The van der Waals surface area contributed by atoms with Crippen LogP contribution in [0, 0.1) is 0 Å². The maximum atomic E-state index is 5.74. The van der Waals surface area contributed by atoms with E-state index in [0.29, 0.717) is 13.4 Å². The van der Waals surface area contributed by atoms with Crippen LogP contribution in [0.3, 0.4) is 0 Å². The number of hydrogen-bond acceptors (Lipinski definition) is 3. The van der Waals surface area contributed by atoms with E-state index in [-0.39, 0.29) is 18.3 Å². The van der Waals surface area contributed by atoms with Gasteiger partial charge in [0.1, 0.15) is 6.79 Å². The zero-order valence-corrected chi connectivity index (χ0v) is 11.2. The average molecular weight is 250 g/mol. The van der Waals surface area contributed by atoms with Crippen molar-refractivity contribution in [2.75, 3.05) is 6.79 Å². The molecule has 0 bridgehead atoms. The highest BCUT2D eigenvalue weighted by Gasteiger charge is 2.24. The molecular formula is C15H22O3. The van der Waals surface area contributed by atoms with Gasteiger partial charge in [0.25, 0.3) is 0 Å². The molecule has 1 aliphatic heterocycles. The van der Waals surface area contributed by atoms with E-state index in [9.17, 15) is 0 Å². The topological polar surface area (TPSA) is 27.7 Å². The van der Waals surface area contributed by atoms with Gasteiger partial charge in [0.15, 0.2) is 0 Å². The van der Waals surface area contributed by atoms with Crippen molar-refractivity contribution in [1.29, 1.82) is 0 Å². The molecule has 3 heteroatoms. The van der Waals surface area contributed by atoms with Crippen LogP contribution in [0.15, 0.2) is 30.3 Å². The van der Waals surface area contributed by atoms with Gasteiger partial charge in [-0.3, -0.25) is 0 Å². The molecule has 3 nitrogen and oxygen atoms in total. The summed E-state index contributed by atoms with van der Waals surface area (Å²) < 4.78 is 16.9. The molecule has 0 N–H and O–H groups in total. The fourth-order valence-corrected chi connectivity index (χ4v) is 2.36. The van der Waals surface area contributed by atoms with Gasteiger partial charge < -0.3 is 14.2 Å². The first kappa shape index (κ1) is 13.5. The minimum atomic E-state index is 0.263. The predicted molar refractivity (Wildman–Crippen MR) is 70.2 cm³/mol. The molecule has 0 radical (unpaired) electrons. The van der Waals surface area contributed by atoms with Crippen LogP contribution in [-0.4, -0.2) is 25.1 Å². The third kappa shape index (κ3) is 4.41. The third-order valence-electron chi connectivity index (χ3n) is 3.15. The fraction of sp³-hybridized carbons (Fsp3) is 0.600. The SMILES string of the molecule is CC1CC(OCOCc2ccccc2)CC(C)O1. The van der Waals surface area contributed by atoms with E-state index < -0.39 is 0 Å². The van der Waals surface area contributed by atoms with Crippen molar-refractivity contribution in [2.24, 2.45) is 0 Å². The van der Waals surface area contributed by atoms with E-state index in [2.05, 4.69) is 26.0 Å². The molecule has 2 unspecified atom stereocenters. The van der Waals surface area contributed by atoms with Crippen molar-refractivity contribution in [3.63, 3.8) is 0 Å². The van der Waals surface area contributed by atoms with Crippen LogP contribution in [-0.2, 0) is 20.8 Å². The molecule has 100 valence electrons. The molecule has 1 heterocycles. The Labute approximate surface area is 109 Å². The summed E-state index contributed by atoms with van der Waals surface area (Å²) in [6, 6.07) is 10.1. The van der Waals surface area contributed by atoms with Crippen LogP contribution in [0.5, 0.6) is 0 Å². The average Bonchev–Trinajstić information content (AvgIpc) is 2.35. The van der Waals surface area contributed by atoms with Crippen molar-refractivity contribution in [3.05, 3.63) is 35.9 Å². The van der Waals surface area contributed by atoms with Crippen molar-refractivity contribution in [1.82, 2.24) is 0 Å². The molecular weight excluding hydrogens is 228 g/mol. The summed E-state index contributed by atoms with van der Waals surface area (Å²) in [5, 5.41) is 0. The predicted octanol–water partition coefficient (Wildman–Crippen LogP) is 3.13. The maximum absolute atomic E-state index is 5.74. The Morgan fingerprint density at radius 1 is 1.11 bits per heavy atom. The standard InChI is InChI=1S/C15H22O3/c1-12-8-15(9-13(2)18-12)17-11-16-10-14-6-4-3-5-7-14/h3-7,12-13,15H,8-11H2,1-2H3. The lowest BCUT2D eigenvalue weighted by Gasteiger charge is -2.31. The summed E-state index contributed by atoms with van der Waals surface area (Å²) in [5.74, 6) is 0. The van der Waals surface area contributed by atoms with Gasteiger partial charge in [-0.15, -0.1) is 0 Å². The molecule has 18 heavy (non-hydrogen) atoms. The monoisotopic (exact) mass is 250 g/mol. The van der Waals surface area contributed by atoms with E-state index >= 15 is 0 Å². The van der Waals surface area contributed by atoms with Gasteiger partial charge in [0.05, 0.1) is 24.9 Å². The van der Waals surface area contributed by atoms with Gasteiger partial charge in [-0.05, 0) is 32.3 Å². The summed E-state index contributed by atoms with van der Waals surface area (Å²) in [5.41, 5.74) is 1.18. The number of ether oxygens (including phenoxy) is 3. The zero-order valence-electron chi connectivity index (χ0n) is 11.2. The van der Waals surface area contributed by atoms with E-state index in [4.69, 9.17) is 14.2 Å². The quantitative estimate of drug-likeness (QED) is 0.593. The molecule has 1 aromatic rings. The molecule has 2 atom stereocenters. The fourth-order valence-electron chi connectivity index (χ4n) is 2.36. The number of rotatable bonds is 5. The van der Waals surface area contributed by atoms with Crippen molar-refractivity contribution in [3.8, 4) is 0 Å². The minimum Gasteiger partial charge on any atom is -0.375 e. The molecule has 1 aliphatic rings. The number of hydrogen-bond donors (Lipinski definition) is 0. The molecule has 0 amide bonds. The van der Waals surface area contributed by atoms with E-state index in [1.807, 2.05) is 18.2 Å². The largest absolute Gasteiger partial charge is 0.375 e. The van der Waals surface area contributed by atoms with E-state index in [1.165, 1.54) is 5.56 Å². The summed E-state index contributed by atoms with van der Waals surface area (Å²) in [4.78, 5) is 0. The molecule has 0 spiro atoms. The molecule has 0 aliphatic carbocycles. The lowest BCUT2D eigenvalue weighted by Crippen LogP contribution is -2.34. The third-order valence-corrected chi connectivity index (χ3v) is 3.15. The Morgan fingerprint density at radius 2 is 1.78 bits per heavy atom. The first-order chi connectivity index (χ1) is 8.74. The number of benzene rings is 1. The van der Waals surface area contributed by atoms with Crippen LogP contribution in [0.4, 0.5) is 0 Å². The molecule has 1 saturated heterocycles. The first-order valence-corrected chi connectivity index (χ1v) is 6.63. The van der Waals surface area contributed by atoms with Crippen molar-refractivity contribution in [2.45, 2.75) is 51.6 Å². The molecule has 0 aromatic heterocycles. The smallest absolute Gasteiger partial charge is 0.147 e. The second-order valence-electron chi connectivity index (χ2n) is 4.97. The lowest BCUT2D eigenvalue weighted by atomic mass is 10.0. The highest BCUT2D eigenvalue weighted by Crippen LogP contribution is 2.21. The highest BCUT2D eigenvalue weighted by molar-refractivity contribution is 5.13. The normalized spacial score (nSPS) is 28.2. The van der Waals surface area contributed by atoms with Crippen LogP contribution >= 0.6 is 0 Å². The Morgan fingerprint density at radius 3 is 2.44 bits per heavy atom. The molecule has 2 rings (SSSR count). The first-order valence-electron chi connectivity index (χ1n) is 6.63. The van der Waals surface area contributed by atoms with Crippen molar-refractivity contribution < 1.29 is 14.2 Å². The van der Waals surface area contributed by atoms with Gasteiger partial charge in [-0.25, -0.2) is 0 Å². The summed E-state index contributed by atoms with van der Waals surface area (Å²) in [6.45, 7) is 5.15. The van der Waals surface area contributed by atoms with E-state index in [0.717, 1.165) is 12.8 Å². The Kier molecular flexibility index (Phi) is 5.17. The van der Waals surface area contributed by atoms with Crippen molar-refractivity contribution >= 4 is 0 Å². The van der Waals surface area contributed by atoms with Gasteiger partial charge in [0.2, 0.25) is 0 Å². The summed E-state index contributed by atoms with van der Waals surface area (Å²) >= 11 is 0. The molecule has 1 aromatic carbocycles. The Bertz CT molecular complexity index is 329. The zero-order chi connectivity index (χ0) is 12.8. The maximum Gasteiger partial charge on any atom is 0.147 e. The Hall–Kier alpha value is -0.900.